The van der Waals surface area contributed by atoms with Crippen LogP contribution < -0.4 is 5.73 Å². The summed E-state index contributed by atoms with van der Waals surface area (Å²) in [4.78, 5) is 2.58. The first-order valence-electron chi connectivity index (χ1n) is 7.52. The zero-order valence-corrected chi connectivity index (χ0v) is 12.8. The van der Waals surface area contributed by atoms with Gasteiger partial charge in [-0.05, 0) is 39.2 Å². The Labute approximate surface area is 117 Å². The van der Waals surface area contributed by atoms with E-state index in [2.05, 4.69) is 37.0 Å². The van der Waals surface area contributed by atoms with Gasteiger partial charge in [0.1, 0.15) is 0 Å². The quantitative estimate of drug-likeness (QED) is 0.907. The summed E-state index contributed by atoms with van der Waals surface area (Å²) >= 11 is 0. The second-order valence-corrected chi connectivity index (χ2v) is 5.95. The van der Waals surface area contributed by atoms with Crippen molar-refractivity contribution in [3.05, 3.63) is 17.5 Å². The van der Waals surface area contributed by atoms with Crippen molar-refractivity contribution >= 4 is 0 Å². The van der Waals surface area contributed by atoms with Gasteiger partial charge in [0.05, 0.1) is 5.69 Å². The maximum Gasteiger partial charge on any atom is 0.0641 e. The molecule has 0 bridgehead atoms. The Morgan fingerprint density at radius 1 is 1.53 bits per heavy atom. The molecule has 0 aromatic carbocycles. The fraction of sp³-hybridized carbons (Fsp3) is 0.800. The molecular formula is C15H28N4. The molecule has 0 spiro atoms. The third kappa shape index (κ3) is 3.00. The van der Waals surface area contributed by atoms with Crippen LogP contribution in [0, 0.1) is 12.8 Å². The number of nitrogens with zero attached hydrogens (tertiary/aromatic N) is 3. The fourth-order valence-electron chi connectivity index (χ4n) is 3.47. The van der Waals surface area contributed by atoms with Crippen molar-refractivity contribution < 1.29 is 0 Å². The van der Waals surface area contributed by atoms with Crippen LogP contribution in [-0.4, -0.2) is 33.8 Å². The Morgan fingerprint density at radius 2 is 2.26 bits per heavy atom. The van der Waals surface area contributed by atoms with Gasteiger partial charge in [0, 0.05) is 37.4 Å². The molecular weight excluding hydrogens is 236 g/mol. The second kappa shape index (κ2) is 6.06. The normalized spacial score (nSPS) is 26.6. The molecule has 108 valence electrons. The Kier molecular flexibility index (Phi) is 4.63. The lowest BCUT2D eigenvalue weighted by atomic mass is 9.87. The van der Waals surface area contributed by atoms with Crippen LogP contribution in [0.2, 0.25) is 0 Å². The van der Waals surface area contributed by atoms with E-state index in [0.29, 0.717) is 12.1 Å². The Morgan fingerprint density at radius 3 is 2.79 bits per heavy atom. The summed E-state index contributed by atoms with van der Waals surface area (Å²) in [6.07, 6.45) is 5.98. The summed E-state index contributed by atoms with van der Waals surface area (Å²) in [6.45, 7) is 8.61. The van der Waals surface area contributed by atoms with Crippen LogP contribution in [0.4, 0.5) is 0 Å². The molecule has 0 radical (unpaired) electrons. The van der Waals surface area contributed by atoms with Crippen molar-refractivity contribution in [1.29, 1.82) is 0 Å². The maximum absolute atomic E-state index is 6.01. The van der Waals surface area contributed by atoms with Crippen molar-refractivity contribution in [2.24, 2.45) is 18.7 Å². The number of aryl methyl sites for hydroxylation is 2. The van der Waals surface area contributed by atoms with Gasteiger partial charge in [-0.25, -0.2) is 0 Å². The van der Waals surface area contributed by atoms with Crippen LogP contribution in [0.5, 0.6) is 0 Å². The fourth-order valence-corrected chi connectivity index (χ4v) is 3.47. The number of likely N-dealkylation sites (tertiary alicyclic amines) is 1. The van der Waals surface area contributed by atoms with Gasteiger partial charge in [-0.1, -0.05) is 13.3 Å². The van der Waals surface area contributed by atoms with Crippen LogP contribution in [-0.2, 0) is 7.05 Å². The predicted octanol–water partition coefficient (Wildman–Crippen LogP) is 2.24. The maximum atomic E-state index is 6.01. The van der Waals surface area contributed by atoms with Gasteiger partial charge < -0.3 is 5.73 Å². The molecule has 0 amide bonds. The summed E-state index contributed by atoms with van der Waals surface area (Å²) in [6, 6.07) is 0.938. The van der Waals surface area contributed by atoms with Crippen LogP contribution in [0.25, 0.3) is 0 Å². The predicted molar refractivity (Wildman–Crippen MR) is 78.9 cm³/mol. The molecule has 1 fully saturated rings. The van der Waals surface area contributed by atoms with Crippen molar-refractivity contribution in [1.82, 2.24) is 14.7 Å². The van der Waals surface area contributed by atoms with E-state index in [4.69, 9.17) is 5.73 Å². The topological polar surface area (TPSA) is 47.1 Å². The standard InChI is InChI=1S/C15H28N4/c1-5-13-6-7-19(14(8-13)9-16)12(3)15-10-18(4)17-11(15)2/h10,12-14H,5-9,16H2,1-4H3. The number of aromatic nitrogens is 2. The minimum absolute atomic E-state index is 0.417. The monoisotopic (exact) mass is 264 g/mol. The molecule has 3 unspecified atom stereocenters. The number of rotatable bonds is 4. The smallest absolute Gasteiger partial charge is 0.0641 e. The highest BCUT2D eigenvalue weighted by molar-refractivity contribution is 5.20. The second-order valence-electron chi connectivity index (χ2n) is 5.95. The molecule has 3 atom stereocenters. The molecule has 1 saturated heterocycles. The van der Waals surface area contributed by atoms with Gasteiger partial charge in [0.15, 0.2) is 0 Å². The largest absolute Gasteiger partial charge is 0.329 e. The first-order valence-corrected chi connectivity index (χ1v) is 7.52. The van der Waals surface area contributed by atoms with Crippen LogP contribution in [0.3, 0.4) is 0 Å². The van der Waals surface area contributed by atoms with E-state index in [-0.39, 0.29) is 0 Å². The third-order valence-electron chi connectivity index (χ3n) is 4.72. The highest BCUT2D eigenvalue weighted by Gasteiger charge is 2.31. The van der Waals surface area contributed by atoms with Crippen LogP contribution in [0.1, 0.15) is 50.4 Å². The van der Waals surface area contributed by atoms with E-state index >= 15 is 0 Å². The van der Waals surface area contributed by atoms with Gasteiger partial charge in [0.25, 0.3) is 0 Å². The lowest BCUT2D eigenvalue weighted by Crippen LogP contribution is -2.47. The Bertz CT molecular complexity index is 412. The average Bonchev–Trinajstić information content (AvgIpc) is 2.76. The van der Waals surface area contributed by atoms with E-state index in [0.717, 1.165) is 24.7 Å². The zero-order valence-electron chi connectivity index (χ0n) is 12.8. The number of piperidine rings is 1. The SMILES string of the molecule is CCC1CCN(C(C)c2cn(C)nc2C)C(CN)C1. The number of hydrogen-bond donors (Lipinski definition) is 1. The number of nitrogens with two attached hydrogens (primary N) is 1. The molecule has 4 nitrogen and oxygen atoms in total. The lowest BCUT2D eigenvalue weighted by Gasteiger charge is -2.42. The minimum Gasteiger partial charge on any atom is -0.329 e. The number of hydrogen-bond acceptors (Lipinski definition) is 3. The molecule has 1 aliphatic heterocycles. The Balaban J connectivity index is 2.14. The van der Waals surface area contributed by atoms with E-state index in [1.54, 1.807) is 0 Å². The van der Waals surface area contributed by atoms with E-state index < -0.39 is 0 Å². The minimum atomic E-state index is 0.417. The molecule has 1 aromatic rings. The van der Waals surface area contributed by atoms with Gasteiger partial charge in [-0.2, -0.15) is 5.10 Å². The molecule has 4 heteroatoms. The van der Waals surface area contributed by atoms with Crippen LogP contribution in [0.15, 0.2) is 6.20 Å². The summed E-state index contributed by atoms with van der Waals surface area (Å²) in [5.74, 6) is 0.854. The van der Waals surface area contributed by atoms with Gasteiger partial charge in [-0.3, -0.25) is 9.58 Å². The summed E-state index contributed by atoms with van der Waals surface area (Å²) < 4.78 is 1.91. The first kappa shape index (κ1) is 14.5. The summed E-state index contributed by atoms with van der Waals surface area (Å²) in [5.41, 5.74) is 8.49. The van der Waals surface area contributed by atoms with Crippen molar-refractivity contribution in [3.8, 4) is 0 Å². The lowest BCUT2D eigenvalue weighted by molar-refractivity contribution is 0.0770. The van der Waals surface area contributed by atoms with E-state index in [9.17, 15) is 0 Å². The van der Waals surface area contributed by atoms with Gasteiger partial charge >= 0.3 is 0 Å². The van der Waals surface area contributed by atoms with Crippen molar-refractivity contribution in [2.45, 2.75) is 52.1 Å². The highest BCUT2D eigenvalue weighted by Crippen LogP contribution is 2.32. The van der Waals surface area contributed by atoms with Crippen molar-refractivity contribution in [3.63, 3.8) is 0 Å². The van der Waals surface area contributed by atoms with Crippen LogP contribution >= 0.6 is 0 Å². The third-order valence-corrected chi connectivity index (χ3v) is 4.72. The molecule has 2 heterocycles. The Hall–Kier alpha value is -0.870. The molecule has 0 aliphatic carbocycles. The summed E-state index contributed by atoms with van der Waals surface area (Å²) in [7, 11) is 1.99. The van der Waals surface area contributed by atoms with Gasteiger partial charge in [0.2, 0.25) is 0 Å². The molecule has 2 N–H and O–H groups in total. The van der Waals surface area contributed by atoms with Gasteiger partial charge in [-0.15, -0.1) is 0 Å². The zero-order chi connectivity index (χ0) is 14.0. The molecule has 19 heavy (non-hydrogen) atoms. The van der Waals surface area contributed by atoms with Crippen molar-refractivity contribution in [2.75, 3.05) is 13.1 Å². The highest BCUT2D eigenvalue weighted by atomic mass is 15.3. The molecule has 1 aromatic heterocycles. The van der Waals surface area contributed by atoms with E-state index in [1.807, 2.05) is 11.7 Å². The summed E-state index contributed by atoms with van der Waals surface area (Å²) in [5, 5.41) is 4.47. The molecule has 0 saturated carbocycles. The van der Waals surface area contributed by atoms with E-state index in [1.165, 1.54) is 24.8 Å². The molecule has 2 rings (SSSR count). The molecule has 1 aliphatic rings. The average molecular weight is 264 g/mol. The first-order chi connectivity index (χ1) is 9.06.